The molecule has 1 unspecified atom stereocenters. The number of sulfonamides is 1. The molecule has 6 nitrogen and oxygen atoms in total. The number of nitrogens with zero attached hydrogens (tertiary/aromatic N) is 1. The van der Waals surface area contributed by atoms with Gasteiger partial charge in [-0.1, -0.05) is 19.9 Å². The van der Waals surface area contributed by atoms with E-state index in [1.54, 1.807) is 13.0 Å². The van der Waals surface area contributed by atoms with E-state index in [0.717, 1.165) is 9.87 Å². The molecule has 0 radical (unpaired) electrons. The van der Waals surface area contributed by atoms with Crippen LogP contribution in [0.4, 0.5) is 5.69 Å². The Morgan fingerprint density at radius 2 is 1.86 bits per heavy atom. The van der Waals surface area contributed by atoms with Crippen LogP contribution < -0.4 is 11.1 Å². The molecule has 0 aliphatic carbocycles. The normalized spacial score (nSPS) is 13.5. The fourth-order valence-corrected chi connectivity index (χ4v) is 2.55. The van der Waals surface area contributed by atoms with E-state index in [2.05, 4.69) is 5.32 Å². The first-order valence-electron chi connectivity index (χ1n) is 6.67. The van der Waals surface area contributed by atoms with Crippen molar-refractivity contribution in [3.63, 3.8) is 0 Å². The third kappa shape index (κ3) is 4.03. The number of benzene rings is 1. The van der Waals surface area contributed by atoms with Crippen LogP contribution in [-0.4, -0.2) is 38.8 Å². The van der Waals surface area contributed by atoms with Crippen molar-refractivity contribution < 1.29 is 13.2 Å². The molecule has 0 fully saturated rings. The highest BCUT2D eigenvalue weighted by molar-refractivity contribution is 7.89. The molecule has 1 aromatic carbocycles. The Morgan fingerprint density at radius 3 is 2.33 bits per heavy atom. The Bertz CT molecular complexity index is 624. The number of nitrogens with one attached hydrogen (secondary N) is 1. The molecule has 1 amide bonds. The molecule has 0 aromatic heterocycles. The maximum atomic E-state index is 12.1. The van der Waals surface area contributed by atoms with Gasteiger partial charge in [-0.2, -0.15) is 0 Å². The van der Waals surface area contributed by atoms with Crippen LogP contribution >= 0.6 is 0 Å². The van der Waals surface area contributed by atoms with Gasteiger partial charge in [0, 0.05) is 19.8 Å². The van der Waals surface area contributed by atoms with Crippen molar-refractivity contribution in [1.29, 1.82) is 0 Å². The molecule has 1 rings (SSSR count). The van der Waals surface area contributed by atoms with Crippen molar-refractivity contribution in [2.75, 3.05) is 19.4 Å². The van der Waals surface area contributed by atoms with Gasteiger partial charge >= 0.3 is 0 Å². The smallest absolute Gasteiger partial charge is 0.242 e. The molecule has 118 valence electrons. The van der Waals surface area contributed by atoms with Crippen LogP contribution in [0.2, 0.25) is 0 Å². The number of nitrogens with two attached hydrogens (primary N) is 1. The van der Waals surface area contributed by atoms with E-state index in [-0.39, 0.29) is 16.7 Å². The molecule has 0 heterocycles. The molecule has 0 spiro atoms. The molecule has 7 heteroatoms. The fraction of sp³-hybridized carbons (Fsp3) is 0.500. The molecular formula is C14H23N3O3S. The summed E-state index contributed by atoms with van der Waals surface area (Å²) in [7, 11) is -0.617. The average Bonchev–Trinajstić information content (AvgIpc) is 2.39. The van der Waals surface area contributed by atoms with Crippen LogP contribution in [-0.2, 0) is 14.8 Å². The first-order chi connectivity index (χ1) is 9.57. The number of amides is 1. The van der Waals surface area contributed by atoms with Crippen molar-refractivity contribution in [2.45, 2.75) is 31.7 Å². The SMILES string of the molecule is Cc1ccc(S(=O)(=O)N(C)C)cc1NC(=O)C(N)C(C)C. The largest absolute Gasteiger partial charge is 0.324 e. The van der Waals surface area contributed by atoms with Crippen molar-refractivity contribution in [3.8, 4) is 0 Å². The van der Waals surface area contributed by atoms with Gasteiger partial charge in [0.05, 0.1) is 10.9 Å². The summed E-state index contributed by atoms with van der Waals surface area (Å²) < 4.78 is 25.4. The molecule has 0 aliphatic rings. The second-order valence-corrected chi connectivity index (χ2v) is 7.68. The number of aryl methyl sites for hydroxylation is 1. The summed E-state index contributed by atoms with van der Waals surface area (Å²) in [6, 6.07) is 3.99. The van der Waals surface area contributed by atoms with E-state index in [1.165, 1.54) is 26.2 Å². The summed E-state index contributed by atoms with van der Waals surface area (Å²) in [4.78, 5) is 12.1. The van der Waals surface area contributed by atoms with Crippen molar-refractivity contribution in [3.05, 3.63) is 23.8 Å². The first-order valence-corrected chi connectivity index (χ1v) is 8.11. The van der Waals surface area contributed by atoms with Crippen LogP contribution in [0.3, 0.4) is 0 Å². The first kappa shape index (κ1) is 17.6. The summed E-state index contributed by atoms with van der Waals surface area (Å²) in [5.41, 5.74) is 7.02. The second kappa shape index (κ2) is 6.55. The van der Waals surface area contributed by atoms with Crippen LogP contribution in [0.15, 0.2) is 23.1 Å². The quantitative estimate of drug-likeness (QED) is 0.853. The minimum atomic E-state index is -3.54. The van der Waals surface area contributed by atoms with Crippen LogP contribution in [0.5, 0.6) is 0 Å². The lowest BCUT2D eigenvalue weighted by molar-refractivity contribution is -0.118. The Morgan fingerprint density at radius 1 is 1.29 bits per heavy atom. The number of carbonyl (C=O) groups is 1. The van der Waals surface area contributed by atoms with E-state index in [0.29, 0.717) is 5.69 Å². The van der Waals surface area contributed by atoms with Gasteiger partial charge in [0.2, 0.25) is 15.9 Å². The topological polar surface area (TPSA) is 92.5 Å². The summed E-state index contributed by atoms with van der Waals surface area (Å²) in [5.74, 6) is -0.327. The number of carbonyl (C=O) groups excluding carboxylic acids is 1. The summed E-state index contributed by atoms with van der Waals surface area (Å²) >= 11 is 0. The van der Waals surface area contributed by atoms with Gasteiger partial charge < -0.3 is 11.1 Å². The zero-order valence-electron chi connectivity index (χ0n) is 13.0. The highest BCUT2D eigenvalue weighted by Gasteiger charge is 2.21. The van der Waals surface area contributed by atoms with Gasteiger partial charge in [-0.15, -0.1) is 0 Å². The van der Waals surface area contributed by atoms with Gasteiger partial charge in [0.15, 0.2) is 0 Å². The molecule has 21 heavy (non-hydrogen) atoms. The Kier molecular flexibility index (Phi) is 5.49. The fourth-order valence-electron chi connectivity index (χ4n) is 1.63. The maximum Gasteiger partial charge on any atom is 0.242 e. The van der Waals surface area contributed by atoms with Crippen molar-refractivity contribution in [2.24, 2.45) is 11.7 Å². The third-order valence-corrected chi connectivity index (χ3v) is 5.08. The lowest BCUT2D eigenvalue weighted by Gasteiger charge is -2.18. The van der Waals surface area contributed by atoms with Gasteiger partial charge in [-0.25, -0.2) is 12.7 Å². The number of rotatable bonds is 5. The Hall–Kier alpha value is -1.44. The lowest BCUT2D eigenvalue weighted by Crippen LogP contribution is -2.39. The maximum absolute atomic E-state index is 12.1. The van der Waals surface area contributed by atoms with Crippen LogP contribution in [0, 0.1) is 12.8 Å². The molecule has 0 saturated heterocycles. The Balaban J connectivity index is 3.13. The predicted molar refractivity (Wildman–Crippen MR) is 83.5 cm³/mol. The monoisotopic (exact) mass is 313 g/mol. The Labute approximate surface area is 126 Å². The van der Waals surface area contributed by atoms with Gasteiger partial charge in [-0.05, 0) is 30.5 Å². The van der Waals surface area contributed by atoms with Crippen molar-refractivity contribution in [1.82, 2.24) is 4.31 Å². The minimum Gasteiger partial charge on any atom is -0.324 e. The molecule has 0 bridgehead atoms. The van der Waals surface area contributed by atoms with Crippen molar-refractivity contribution >= 4 is 21.6 Å². The predicted octanol–water partition coefficient (Wildman–Crippen LogP) is 1.17. The lowest BCUT2D eigenvalue weighted by atomic mass is 10.0. The molecule has 1 atom stereocenters. The number of hydrogen-bond acceptors (Lipinski definition) is 4. The van der Waals surface area contributed by atoms with Gasteiger partial charge in [0.1, 0.15) is 0 Å². The standard InChI is InChI=1S/C14H23N3O3S/c1-9(2)13(15)14(18)16-12-8-11(7-6-10(12)3)21(19,20)17(4)5/h6-9,13H,15H2,1-5H3,(H,16,18). The molecular weight excluding hydrogens is 290 g/mol. The van der Waals surface area contributed by atoms with Crippen LogP contribution in [0.1, 0.15) is 19.4 Å². The second-order valence-electron chi connectivity index (χ2n) is 5.52. The van der Waals surface area contributed by atoms with E-state index >= 15 is 0 Å². The highest BCUT2D eigenvalue weighted by atomic mass is 32.2. The van der Waals surface area contributed by atoms with E-state index in [4.69, 9.17) is 5.73 Å². The molecule has 1 aromatic rings. The van der Waals surface area contributed by atoms with E-state index in [9.17, 15) is 13.2 Å². The average molecular weight is 313 g/mol. The van der Waals surface area contributed by atoms with Crippen LogP contribution in [0.25, 0.3) is 0 Å². The number of anilines is 1. The zero-order valence-corrected chi connectivity index (χ0v) is 13.9. The van der Waals surface area contributed by atoms with E-state index in [1.807, 2.05) is 13.8 Å². The summed E-state index contributed by atoms with van der Waals surface area (Å²) in [5, 5.41) is 2.70. The van der Waals surface area contributed by atoms with Gasteiger partial charge in [-0.3, -0.25) is 4.79 Å². The van der Waals surface area contributed by atoms with Gasteiger partial charge in [0.25, 0.3) is 0 Å². The third-order valence-electron chi connectivity index (χ3n) is 3.27. The molecule has 3 N–H and O–H groups in total. The highest BCUT2D eigenvalue weighted by Crippen LogP contribution is 2.22. The summed E-state index contributed by atoms with van der Waals surface area (Å²) in [6.07, 6.45) is 0. The zero-order chi connectivity index (χ0) is 16.4. The minimum absolute atomic E-state index is 0.000929. The summed E-state index contributed by atoms with van der Waals surface area (Å²) in [6.45, 7) is 5.50. The van der Waals surface area contributed by atoms with E-state index < -0.39 is 16.1 Å². The molecule has 0 saturated carbocycles. The number of hydrogen-bond donors (Lipinski definition) is 2. The molecule has 0 aliphatic heterocycles.